The molecule has 0 saturated carbocycles. The normalized spacial score (nSPS) is 20.4. The SMILES string of the molecule is CCC1CN(S(=O)(=O)c2ccc(I)c(C(=O)O)c2)CCS1. The predicted octanol–water partition coefficient (Wildman–Crippen LogP) is 2.51. The van der Waals surface area contributed by atoms with Crippen LogP contribution in [0.3, 0.4) is 0 Å². The minimum absolute atomic E-state index is 0.0232. The molecule has 0 radical (unpaired) electrons. The van der Waals surface area contributed by atoms with E-state index in [4.69, 9.17) is 5.11 Å². The summed E-state index contributed by atoms with van der Waals surface area (Å²) in [6, 6.07) is 4.27. The number of thioether (sulfide) groups is 1. The van der Waals surface area contributed by atoms with Crippen LogP contribution in [0.1, 0.15) is 23.7 Å². The number of sulfonamides is 1. The molecule has 0 aromatic heterocycles. The van der Waals surface area contributed by atoms with Gasteiger partial charge in [-0.15, -0.1) is 0 Å². The lowest BCUT2D eigenvalue weighted by Gasteiger charge is -2.31. The molecular formula is C13H16INO4S2. The summed E-state index contributed by atoms with van der Waals surface area (Å²) in [6.07, 6.45) is 0.920. The number of carbonyl (C=O) groups is 1. The van der Waals surface area contributed by atoms with E-state index >= 15 is 0 Å². The Morgan fingerprint density at radius 1 is 1.52 bits per heavy atom. The van der Waals surface area contributed by atoms with E-state index in [1.165, 1.54) is 22.5 Å². The summed E-state index contributed by atoms with van der Waals surface area (Å²) in [5.41, 5.74) is 0.0232. The topological polar surface area (TPSA) is 74.7 Å². The van der Waals surface area contributed by atoms with Crippen LogP contribution in [0.15, 0.2) is 23.1 Å². The Labute approximate surface area is 142 Å². The summed E-state index contributed by atoms with van der Waals surface area (Å²) < 4.78 is 27.3. The van der Waals surface area contributed by atoms with Gasteiger partial charge < -0.3 is 5.11 Å². The Bertz CT molecular complexity index is 648. The van der Waals surface area contributed by atoms with Crippen LogP contribution in [-0.4, -0.2) is 47.9 Å². The Morgan fingerprint density at radius 3 is 2.86 bits per heavy atom. The molecule has 1 aromatic carbocycles. The van der Waals surface area contributed by atoms with Gasteiger partial charge in [0.05, 0.1) is 10.5 Å². The maximum absolute atomic E-state index is 12.7. The molecule has 1 unspecified atom stereocenters. The first-order valence-electron chi connectivity index (χ1n) is 6.51. The van der Waals surface area contributed by atoms with Gasteiger partial charge in [-0.2, -0.15) is 16.1 Å². The highest BCUT2D eigenvalue weighted by atomic mass is 127. The summed E-state index contributed by atoms with van der Waals surface area (Å²) in [5, 5.41) is 9.43. The van der Waals surface area contributed by atoms with Crippen molar-refractivity contribution in [2.75, 3.05) is 18.8 Å². The van der Waals surface area contributed by atoms with E-state index in [2.05, 4.69) is 0 Å². The van der Waals surface area contributed by atoms with Gasteiger partial charge in [0, 0.05) is 27.7 Å². The number of benzene rings is 1. The van der Waals surface area contributed by atoms with Crippen molar-refractivity contribution in [2.24, 2.45) is 0 Å². The molecule has 0 spiro atoms. The van der Waals surface area contributed by atoms with E-state index in [0.29, 0.717) is 21.9 Å². The molecule has 1 aromatic rings. The highest BCUT2D eigenvalue weighted by Crippen LogP contribution is 2.27. The van der Waals surface area contributed by atoms with Crippen LogP contribution in [0.4, 0.5) is 0 Å². The Balaban J connectivity index is 2.35. The zero-order valence-electron chi connectivity index (χ0n) is 11.5. The fraction of sp³-hybridized carbons (Fsp3) is 0.462. The van der Waals surface area contributed by atoms with E-state index < -0.39 is 16.0 Å². The second-order valence-corrected chi connectivity index (χ2v) is 9.22. The van der Waals surface area contributed by atoms with Gasteiger partial charge in [-0.05, 0) is 47.2 Å². The highest BCUT2D eigenvalue weighted by molar-refractivity contribution is 14.1. The summed E-state index contributed by atoms with van der Waals surface area (Å²) in [5.74, 6) is -0.342. The van der Waals surface area contributed by atoms with Crippen molar-refractivity contribution >= 4 is 50.3 Å². The van der Waals surface area contributed by atoms with Crippen LogP contribution in [0, 0.1) is 3.57 Å². The van der Waals surface area contributed by atoms with Crippen molar-refractivity contribution < 1.29 is 18.3 Å². The number of rotatable bonds is 4. The van der Waals surface area contributed by atoms with Gasteiger partial charge >= 0.3 is 5.97 Å². The Hall–Kier alpha value is -0.320. The number of carboxylic acid groups (broad SMARTS) is 1. The molecule has 21 heavy (non-hydrogen) atoms. The van der Waals surface area contributed by atoms with Crippen molar-refractivity contribution in [2.45, 2.75) is 23.5 Å². The smallest absolute Gasteiger partial charge is 0.336 e. The second kappa shape index (κ2) is 6.84. The van der Waals surface area contributed by atoms with Gasteiger partial charge in [0.1, 0.15) is 0 Å². The van der Waals surface area contributed by atoms with Crippen molar-refractivity contribution in [1.29, 1.82) is 0 Å². The van der Waals surface area contributed by atoms with Gasteiger partial charge in [0.15, 0.2) is 0 Å². The van der Waals surface area contributed by atoms with Gasteiger partial charge in [-0.1, -0.05) is 6.92 Å². The molecule has 5 nitrogen and oxygen atoms in total. The van der Waals surface area contributed by atoms with Crippen LogP contribution in [0.5, 0.6) is 0 Å². The van der Waals surface area contributed by atoms with E-state index in [1.54, 1.807) is 11.8 Å². The van der Waals surface area contributed by atoms with Crippen LogP contribution in [-0.2, 0) is 10.0 Å². The molecule has 1 fully saturated rings. The van der Waals surface area contributed by atoms with E-state index in [9.17, 15) is 13.2 Å². The van der Waals surface area contributed by atoms with Gasteiger partial charge in [-0.25, -0.2) is 13.2 Å². The number of nitrogens with zero attached hydrogens (tertiary/aromatic N) is 1. The van der Waals surface area contributed by atoms with Gasteiger partial charge in [0.2, 0.25) is 10.0 Å². The van der Waals surface area contributed by atoms with Crippen molar-refractivity contribution in [3.8, 4) is 0 Å². The number of aromatic carboxylic acids is 1. The lowest BCUT2D eigenvalue weighted by molar-refractivity contribution is 0.0695. The second-order valence-electron chi connectivity index (χ2n) is 4.71. The monoisotopic (exact) mass is 441 g/mol. The van der Waals surface area contributed by atoms with Crippen molar-refractivity contribution in [3.63, 3.8) is 0 Å². The van der Waals surface area contributed by atoms with E-state index in [-0.39, 0.29) is 10.5 Å². The molecule has 1 aliphatic heterocycles. The van der Waals surface area contributed by atoms with Crippen molar-refractivity contribution in [3.05, 3.63) is 27.3 Å². The molecule has 2 rings (SSSR count). The molecule has 1 saturated heterocycles. The summed E-state index contributed by atoms with van der Waals surface area (Å²) in [6.45, 7) is 3.00. The molecule has 1 heterocycles. The first-order chi connectivity index (χ1) is 9.86. The van der Waals surface area contributed by atoms with E-state index in [0.717, 1.165) is 12.2 Å². The van der Waals surface area contributed by atoms with Crippen molar-refractivity contribution in [1.82, 2.24) is 4.31 Å². The molecule has 116 valence electrons. The molecule has 1 N–H and O–H groups in total. The number of hydrogen-bond acceptors (Lipinski definition) is 4. The quantitative estimate of drug-likeness (QED) is 0.727. The largest absolute Gasteiger partial charge is 0.478 e. The average molecular weight is 441 g/mol. The van der Waals surface area contributed by atoms with Crippen LogP contribution >= 0.6 is 34.4 Å². The molecule has 1 atom stereocenters. The Kier molecular flexibility index (Phi) is 5.55. The molecule has 8 heteroatoms. The summed E-state index contributed by atoms with van der Waals surface area (Å²) >= 11 is 3.68. The fourth-order valence-electron chi connectivity index (χ4n) is 2.14. The zero-order chi connectivity index (χ0) is 15.6. The third kappa shape index (κ3) is 3.72. The number of hydrogen-bond donors (Lipinski definition) is 1. The van der Waals surface area contributed by atoms with Gasteiger partial charge in [0.25, 0.3) is 0 Å². The number of halogens is 1. The lowest BCUT2D eigenvalue weighted by Crippen LogP contribution is -2.41. The lowest BCUT2D eigenvalue weighted by atomic mass is 10.2. The average Bonchev–Trinajstić information content (AvgIpc) is 2.47. The summed E-state index contributed by atoms with van der Waals surface area (Å²) in [7, 11) is -3.62. The highest BCUT2D eigenvalue weighted by Gasteiger charge is 2.30. The molecule has 0 bridgehead atoms. The Morgan fingerprint density at radius 2 is 2.24 bits per heavy atom. The van der Waals surface area contributed by atoms with Crippen LogP contribution in [0.2, 0.25) is 0 Å². The minimum Gasteiger partial charge on any atom is -0.478 e. The predicted molar refractivity (Wildman–Crippen MR) is 91.4 cm³/mol. The van der Waals surface area contributed by atoms with Crippen LogP contribution < -0.4 is 0 Å². The maximum Gasteiger partial charge on any atom is 0.336 e. The molecule has 0 aliphatic carbocycles. The third-order valence-electron chi connectivity index (χ3n) is 3.36. The third-order valence-corrected chi connectivity index (χ3v) is 7.54. The zero-order valence-corrected chi connectivity index (χ0v) is 15.2. The first kappa shape index (κ1) is 17.0. The maximum atomic E-state index is 12.7. The van der Waals surface area contributed by atoms with E-state index in [1.807, 2.05) is 29.5 Å². The molecular weight excluding hydrogens is 425 g/mol. The summed E-state index contributed by atoms with van der Waals surface area (Å²) in [4.78, 5) is 11.2. The molecule has 0 amide bonds. The van der Waals surface area contributed by atoms with Gasteiger partial charge in [-0.3, -0.25) is 0 Å². The molecule has 1 aliphatic rings. The number of carboxylic acids is 1. The fourth-order valence-corrected chi connectivity index (χ4v) is 5.60. The van der Waals surface area contributed by atoms with Crippen LogP contribution in [0.25, 0.3) is 0 Å². The first-order valence-corrected chi connectivity index (χ1v) is 10.1. The minimum atomic E-state index is -3.62. The standard InChI is InChI=1S/C13H16INO4S2/c1-2-9-8-15(5-6-20-9)21(18,19)10-3-4-12(14)11(7-10)13(16)17/h3-4,7,9H,2,5-6,8H2,1H3,(H,16,17).